The Morgan fingerprint density at radius 2 is 1.35 bits per heavy atom. The summed E-state index contributed by atoms with van der Waals surface area (Å²) in [6, 6.07) is 16.9. The summed E-state index contributed by atoms with van der Waals surface area (Å²) in [4.78, 5) is 12.3. The fourth-order valence-electron chi connectivity index (χ4n) is 6.44. The molecule has 2 aromatic rings. The van der Waals surface area contributed by atoms with E-state index < -0.39 is 14.4 Å². The lowest BCUT2D eigenvalue weighted by molar-refractivity contribution is 0.155. The number of benzene rings is 2. The smallest absolute Gasteiger partial charge is 0.412 e. The highest BCUT2D eigenvalue weighted by atomic mass is 28.4. The maximum Gasteiger partial charge on any atom is 0.412 e. The molecule has 1 amide bonds. The van der Waals surface area contributed by atoms with Crippen LogP contribution < -0.4 is 10.1 Å². The van der Waals surface area contributed by atoms with E-state index in [1.807, 2.05) is 48.5 Å². The highest BCUT2D eigenvalue weighted by molar-refractivity contribution is 6.82. The SMILES string of the molecule is CC(C)(C)[Si](OC[C@H]1O[C@H]1COc1ccccc1NC(=O)OCc1ccccc1)(C(C)(C)C)C(C)(C)C. The minimum absolute atomic E-state index is 0.00915. The van der Waals surface area contributed by atoms with Crippen molar-refractivity contribution in [1.29, 1.82) is 0 Å². The minimum atomic E-state index is -2.28. The van der Waals surface area contributed by atoms with Gasteiger partial charge in [-0.1, -0.05) is 105 Å². The summed E-state index contributed by atoms with van der Waals surface area (Å²) >= 11 is 0. The Balaban J connectivity index is 1.55. The predicted molar refractivity (Wildman–Crippen MR) is 152 cm³/mol. The minimum Gasteiger partial charge on any atom is -0.489 e. The van der Waals surface area contributed by atoms with Crippen LogP contribution in [0.1, 0.15) is 67.9 Å². The van der Waals surface area contributed by atoms with E-state index in [2.05, 4.69) is 67.6 Å². The van der Waals surface area contributed by atoms with E-state index in [9.17, 15) is 4.79 Å². The molecule has 2 aromatic carbocycles. The lowest BCUT2D eigenvalue weighted by Crippen LogP contribution is -2.61. The first-order chi connectivity index (χ1) is 17.2. The number of para-hydroxylation sites is 2. The van der Waals surface area contributed by atoms with Gasteiger partial charge in [-0.05, 0) is 32.8 Å². The lowest BCUT2D eigenvalue weighted by Gasteiger charge is -2.57. The molecule has 0 aromatic heterocycles. The van der Waals surface area contributed by atoms with E-state index in [0.29, 0.717) is 24.7 Å². The van der Waals surface area contributed by atoms with Crippen LogP contribution in [0.5, 0.6) is 5.75 Å². The van der Waals surface area contributed by atoms with Gasteiger partial charge >= 0.3 is 6.09 Å². The first-order valence-electron chi connectivity index (χ1n) is 13.1. The van der Waals surface area contributed by atoms with Crippen LogP contribution >= 0.6 is 0 Å². The van der Waals surface area contributed by atoms with E-state index in [0.717, 1.165) is 5.56 Å². The van der Waals surface area contributed by atoms with Gasteiger partial charge in [-0.3, -0.25) is 5.32 Å². The van der Waals surface area contributed by atoms with Crippen molar-refractivity contribution in [2.24, 2.45) is 0 Å². The van der Waals surface area contributed by atoms with Crippen molar-refractivity contribution in [1.82, 2.24) is 0 Å². The Hall–Kier alpha value is -2.35. The van der Waals surface area contributed by atoms with Crippen LogP contribution in [-0.4, -0.2) is 39.8 Å². The van der Waals surface area contributed by atoms with Crippen LogP contribution in [0.25, 0.3) is 0 Å². The second-order valence-electron chi connectivity index (χ2n) is 12.9. The molecule has 1 aliphatic heterocycles. The summed E-state index contributed by atoms with van der Waals surface area (Å²) < 4.78 is 24.3. The highest BCUT2D eigenvalue weighted by Gasteiger charge is 2.62. The number of nitrogens with one attached hydrogen (secondary N) is 1. The molecule has 1 aliphatic rings. The largest absolute Gasteiger partial charge is 0.489 e. The number of rotatable bonds is 9. The molecular formula is C30H45NO5Si. The zero-order chi connectivity index (χ0) is 27.5. The number of anilines is 1. The van der Waals surface area contributed by atoms with E-state index >= 15 is 0 Å². The molecule has 204 valence electrons. The van der Waals surface area contributed by atoms with Crippen LogP contribution in [0.3, 0.4) is 0 Å². The molecule has 1 N–H and O–H groups in total. The molecule has 0 radical (unpaired) electrons. The van der Waals surface area contributed by atoms with Crippen molar-refractivity contribution in [3.63, 3.8) is 0 Å². The summed E-state index contributed by atoms with van der Waals surface area (Å²) in [6.45, 7) is 22.0. The van der Waals surface area contributed by atoms with E-state index in [1.54, 1.807) is 6.07 Å². The maximum absolute atomic E-state index is 12.3. The summed E-state index contributed by atoms with van der Waals surface area (Å²) in [5.74, 6) is 0.581. The van der Waals surface area contributed by atoms with Gasteiger partial charge in [-0.25, -0.2) is 4.79 Å². The van der Waals surface area contributed by atoms with E-state index in [-0.39, 0.29) is 33.9 Å². The Labute approximate surface area is 224 Å². The summed E-state index contributed by atoms with van der Waals surface area (Å²) in [5.41, 5.74) is 1.49. The van der Waals surface area contributed by atoms with Gasteiger partial charge in [0.05, 0.1) is 12.3 Å². The predicted octanol–water partition coefficient (Wildman–Crippen LogP) is 7.94. The van der Waals surface area contributed by atoms with Gasteiger partial charge in [0, 0.05) is 0 Å². The lowest BCUT2D eigenvalue weighted by atomic mass is 10.2. The highest BCUT2D eigenvalue weighted by Crippen LogP contribution is 2.62. The van der Waals surface area contributed by atoms with Crippen LogP contribution in [0.15, 0.2) is 54.6 Å². The molecule has 1 heterocycles. The molecule has 3 rings (SSSR count). The third kappa shape index (κ3) is 6.95. The van der Waals surface area contributed by atoms with Gasteiger partial charge in [0.2, 0.25) is 8.32 Å². The van der Waals surface area contributed by atoms with Gasteiger partial charge < -0.3 is 18.6 Å². The van der Waals surface area contributed by atoms with Gasteiger partial charge in [0.1, 0.15) is 31.2 Å². The fourth-order valence-corrected chi connectivity index (χ4v) is 14.9. The van der Waals surface area contributed by atoms with Crippen LogP contribution in [0, 0.1) is 0 Å². The van der Waals surface area contributed by atoms with Gasteiger partial charge in [-0.15, -0.1) is 0 Å². The third-order valence-electron chi connectivity index (χ3n) is 7.06. The van der Waals surface area contributed by atoms with Gasteiger partial charge in [0.25, 0.3) is 0 Å². The second-order valence-corrected chi connectivity index (χ2v) is 19.1. The third-order valence-corrected chi connectivity index (χ3v) is 14.0. The average molecular weight is 528 g/mol. The summed E-state index contributed by atoms with van der Waals surface area (Å²) in [6.07, 6.45) is -0.554. The monoisotopic (exact) mass is 527 g/mol. The van der Waals surface area contributed by atoms with Crippen molar-refractivity contribution in [2.75, 3.05) is 18.5 Å². The van der Waals surface area contributed by atoms with Crippen molar-refractivity contribution in [3.05, 3.63) is 60.2 Å². The Bertz CT molecular complexity index is 1000. The first-order valence-corrected chi connectivity index (χ1v) is 15.1. The van der Waals surface area contributed by atoms with Crippen LogP contribution in [0.4, 0.5) is 10.5 Å². The number of hydrogen-bond donors (Lipinski definition) is 1. The van der Waals surface area contributed by atoms with Crippen molar-refractivity contribution >= 4 is 20.1 Å². The van der Waals surface area contributed by atoms with Crippen molar-refractivity contribution in [3.8, 4) is 5.75 Å². The topological polar surface area (TPSA) is 69.3 Å². The average Bonchev–Trinajstić information content (AvgIpc) is 3.53. The molecule has 7 heteroatoms. The normalized spacial score (nSPS) is 18.3. The van der Waals surface area contributed by atoms with Crippen molar-refractivity contribution < 1.29 is 23.4 Å². The first kappa shape index (κ1) is 29.2. The maximum atomic E-state index is 12.3. The number of amides is 1. The van der Waals surface area contributed by atoms with Crippen LogP contribution in [0.2, 0.25) is 15.1 Å². The summed E-state index contributed by atoms with van der Waals surface area (Å²) in [7, 11) is -2.28. The second kappa shape index (κ2) is 11.2. The molecule has 0 unspecified atom stereocenters. The number of epoxide rings is 1. The van der Waals surface area contributed by atoms with Crippen molar-refractivity contribution in [2.45, 2.75) is 96.2 Å². The number of carbonyl (C=O) groups excluding carboxylic acids is 1. The van der Waals surface area contributed by atoms with Gasteiger partial charge in [-0.2, -0.15) is 0 Å². The zero-order valence-corrected chi connectivity index (χ0v) is 25.0. The van der Waals surface area contributed by atoms with E-state index in [4.69, 9.17) is 18.6 Å². The number of hydrogen-bond acceptors (Lipinski definition) is 5. The van der Waals surface area contributed by atoms with E-state index in [1.165, 1.54) is 0 Å². The molecule has 0 aliphatic carbocycles. The Morgan fingerprint density at radius 1 is 0.811 bits per heavy atom. The van der Waals surface area contributed by atoms with Gasteiger partial charge in [0.15, 0.2) is 0 Å². The Kier molecular flexibility index (Phi) is 8.82. The number of ether oxygens (including phenoxy) is 3. The molecule has 2 atom stereocenters. The summed E-state index contributed by atoms with van der Waals surface area (Å²) in [5, 5.41) is 2.96. The molecular weight excluding hydrogens is 482 g/mol. The zero-order valence-electron chi connectivity index (χ0n) is 24.0. The standard InChI is InChI=1S/C30H45NO5Si/c1-28(2,3)37(29(4,5)6,30(7,8)9)35-21-26-25(36-26)20-33-24-18-14-13-17-23(24)31-27(32)34-19-22-15-11-10-12-16-22/h10-18,25-26H,19-21H2,1-9H3,(H,31,32)/t25-,26+/m0/s1. The quantitative estimate of drug-likeness (QED) is 0.265. The molecule has 1 saturated heterocycles. The molecule has 1 fully saturated rings. The fraction of sp³-hybridized carbons (Fsp3) is 0.567. The molecule has 0 spiro atoms. The molecule has 0 saturated carbocycles. The Morgan fingerprint density at radius 3 is 1.95 bits per heavy atom. The number of carbonyl (C=O) groups is 1. The van der Waals surface area contributed by atoms with Crippen LogP contribution in [-0.2, 0) is 20.5 Å². The molecule has 37 heavy (non-hydrogen) atoms. The molecule has 6 nitrogen and oxygen atoms in total. The molecule has 0 bridgehead atoms.